The van der Waals surface area contributed by atoms with E-state index in [0.717, 1.165) is 16.7 Å². The van der Waals surface area contributed by atoms with Gasteiger partial charge in [0.15, 0.2) is 0 Å². The summed E-state index contributed by atoms with van der Waals surface area (Å²) in [6, 6.07) is 8.96. The van der Waals surface area contributed by atoms with Crippen LogP contribution in [0, 0.1) is 11.3 Å². The van der Waals surface area contributed by atoms with Crippen LogP contribution in [0.3, 0.4) is 0 Å². The Morgan fingerprint density at radius 1 is 1.37 bits per heavy atom. The molecular weight excluding hydrogens is 262 g/mol. The molecule has 1 saturated heterocycles. The number of imide groups is 1. The summed E-state index contributed by atoms with van der Waals surface area (Å²) >= 11 is 0.869. The van der Waals surface area contributed by atoms with Gasteiger partial charge in [0.05, 0.1) is 16.5 Å². The van der Waals surface area contributed by atoms with Gasteiger partial charge in [-0.1, -0.05) is 18.2 Å². The number of nitriles is 1. The molecule has 19 heavy (non-hydrogen) atoms. The van der Waals surface area contributed by atoms with Gasteiger partial charge in [-0.05, 0) is 29.5 Å². The van der Waals surface area contributed by atoms with Crippen molar-refractivity contribution in [2.45, 2.75) is 0 Å². The standard InChI is InChI=1S/C13H11N3O2S/c14-5-6-16-12(17)11(19-13(16)18)7-9-3-1-2-4-10(9)8-15/h1-4,7H,5-6,14H2/b11-7-. The quantitative estimate of drug-likeness (QED) is 0.844. The summed E-state index contributed by atoms with van der Waals surface area (Å²) in [7, 11) is 0. The fraction of sp³-hybridized carbons (Fsp3) is 0.154. The van der Waals surface area contributed by atoms with E-state index in [9.17, 15) is 9.59 Å². The number of thioether (sulfide) groups is 1. The number of hydrogen-bond donors (Lipinski definition) is 1. The van der Waals surface area contributed by atoms with Crippen LogP contribution in [0.2, 0.25) is 0 Å². The number of rotatable bonds is 3. The average Bonchev–Trinajstić information content (AvgIpc) is 2.67. The van der Waals surface area contributed by atoms with Crippen LogP contribution in [0.15, 0.2) is 29.2 Å². The Hall–Kier alpha value is -2.10. The Morgan fingerprint density at radius 3 is 2.79 bits per heavy atom. The van der Waals surface area contributed by atoms with Crippen molar-refractivity contribution < 1.29 is 9.59 Å². The predicted octanol–water partition coefficient (Wildman–Crippen LogP) is 1.55. The molecule has 6 heteroatoms. The topological polar surface area (TPSA) is 87.2 Å². The van der Waals surface area contributed by atoms with Gasteiger partial charge in [-0.25, -0.2) is 0 Å². The van der Waals surface area contributed by atoms with E-state index in [4.69, 9.17) is 11.0 Å². The third kappa shape index (κ3) is 2.67. The van der Waals surface area contributed by atoms with Crippen molar-refractivity contribution in [2.75, 3.05) is 13.1 Å². The Bertz CT molecular complexity index is 604. The van der Waals surface area contributed by atoms with Gasteiger partial charge < -0.3 is 5.73 Å². The van der Waals surface area contributed by atoms with E-state index in [0.29, 0.717) is 16.0 Å². The van der Waals surface area contributed by atoms with Crippen LogP contribution in [-0.2, 0) is 4.79 Å². The van der Waals surface area contributed by atoms with Crippen LogP contribution >= 0.6 is 11.8 Å². The second kappa shape index (κ2) is 5.69. The zero-order valence-corrected chi connectivity index (χ0v) is 10.8. The number of nitrogens with zero attached hydrogens (tertiary/aromatic N) is 2. The number of carbonyl (C=O) groups excluding carboxylic acids is 2. The normalized spacial score (nSPS) is 17.1. The zero-order valence-electron chi connectivity index (χ0n) is 10.00. The van der Waals surface area contributed by atoms with E-state index in [2.05, 4.69) is 0 Å². The fourth-order valence-electron chi connectivity index (χ4n) is 1.69. The average molecular weight is 273 g/mol. The molecule has 2 N–H and O–H groups in total. The minimum Gasteiger partial charge on any atom is -0.329 e. The van der Waals surface area contributed by atoms with E-state index in [-0.39, 0.29) is 24.2 Å². The van der Waals surface area contributed by atoms with Crippen molar-refractivity contribution in [2.24, 2.45) is 5.73 Å². The molecule has 2 rings (SSSR count). The van der Waals surface area contributed by atoms with E-state index in [1.165, 1.54) is 0 Å². The van der Waals surface area contributed by atoms with Crippen LogP contribution in [0.25, 0.3) is 6.08 Å². The highest BCUT2D eigenvalue weighted by Crippen LogP contribution is 2.32. The van der Waals surface area contributed by atoms with E-state index in [1.807, 2.05) is 6.07 Å². The van der Waals surface area contributed by atoms with Gasteiger partial charge in [-0.15, -0.1) is 0 Å². The number of hydrogen-bond acceptors (Lipinski definition) is 5. The maximum atomic E-state index is 12.0. The Labute approximate surface area is 114 Å². The number of amides is 2. The number of benzene rings is 1. The molecular formula is C13H11N3O2S. The molecule has 1 aromatic rings. The number of carbonyl (C=O) groups is 2. The smallest absolute Gasteiger partial charge is 0.293 e. The Morgan fingerprint density at radius 2 is 2.11 bits per heavy atom. The third-order valence-electron chi connectivity index (χ3n) is 2.59. The summed E-state index contributed by atoms with van der Waals surface area (Å²) in [5.41, 5.74) is 6.45. The maximum Gasteiger partial charge on any atom is 0.293 e. The molecule has 2 amide bonds. The molecule has 0 spiro atoms. The van der Waals surface area contributed by atoms with Gasteiger partial charge in [0.25, 0.3) is 11.1 Å². The highest BCUT2D eigenvalue weighted by molar-refractivity contribution is 8.18. The van der Waals surface area contributed by atoms with Crippen LogP contribution in [-0.4, -0.2) is 29.1 Å². The van der Waals surface area contributed by atoms with Crippen molar-refractivity contribution in [1.29, 1.82) is 5.26 Å². The first-order valence-corrected chi connectivity index (χ1v) is 6.43. The van der Waals surface area contributed by atoms with Crippen molar-refractivity contribution in [3.63, 3.8) is 0 Å². The number of nitrogens with two attached hydrogens (primary N) is 1. The van der Waals surface area contributed by atoms with Crippen molar-refractivity contribution in [1.82, 2.24) is 4.90 Å². The monoisotopic (exact) mass is 273 g/mol. The lowest BCUT2D eigenvalue weighted by atomic mass is 10.1. The van der Waals surface area contributed by atoms with E-state index in [1.54, 1.807) is 30.3 Å². The molecule has 0 radical (unpaired) electrons. The van der Waals surface area contributed by atoms with E-state index >= 15 is 0 Å². The lowest BCUT2D eigenvalue weighted by Crippen LogP contribution is -2.33. The molecule has 1 aliphatic rings. The summed E-state index contributed by atoms with van der Waals surface area (Å²) in [5.74, 6) is -0.354. The molecule has 0 aliphatic carbocycles. The van der Waals surface area contributed by atoms with Gasteiger partial charge in [0, 0.05) is 13.1 Å². The van der Waals surface area contributed by atoms with E-state index < -0.39 is 0 Å². The van der Waals surface area contributed by atoms with Gasteiger partial charge in [0.1, 0.15) is 0 Å². The first-order valence-electron chi connectivity index (χ1n) is 5.62. The Balaban J connectivity index is 2.33. The molecule has 96 valence electrons. The third-order valence-corrected chi connectivity index (χ3v) is 3.50. The second-order valence-corrected chi connectivity index (χ2v) is 4.81. The van der Waals surface area contributed by atoms with Crippen LogP contribution < -0.4 is 5.73 Å². The molecule has 0 unspecified atom stereocenters. The van der Waals surface area contributed by atoms with Crippen molar-refractivity contribution in [3.8, 4) is 6.07 Å². The van der Waals surface area contributed by atoms with Gasteiger partial charge in [0.2, 0.25) is 0 Å². The summed E-state index contributed by atoms with van der Waals surface area (Å²) in [4.78, 5) is 25.1. The SMILES string of the molecule is N#Cc1ccccc1/C=C1\SC(=O)N(CCN)C1=O. The molecule has 1 aliphatic heterocycles. The molecule has 0 bridgehead atoms. The summed E-state index contributed by atoms with van der Waals surface area (Å²) in [6.45, 7) is 0.446. The largest absolute Gasteiger partial charge is 0.329 e. The second-order valence-electron chi connectivity index (χ2n) is 3.82. The van der Waals surface area contributed by atoms with Crippen LogP contribution in [0.4, 0.5) is 4.79 Å². The molecule has 0 saturated carbocycles. The lowest BCUT2D eigenvalue weighted by molar-refractivity contribution is -0.122. The molecule has 5 nitrogen and oxygen atoms in total. The maximum absolute atomic E-state index is 12.0. The molecule has 1 heterocycles. The fourth-order valence-corrected chi connectivity index (χ4v) is 2.54. The van der Waals surface area contributed by atoms with Gasteiger partial charge >= 0.3 is 0 Å². The van der Waals surface area contributed by atoms with Gasteiger partial charge in [-0.3, -0.25) is 14.5 Å². The minimum atomic E-state index is -0.354. The van der Waals surface area contributed by atoms with Gasteiger partial charge in [-0.2, -0.15) is 5.26 Å². The molecule has 1 fully saturated rings. The Kier molecular flexibility index (Phi) is 4.00. The zero-order chi connectivity index (χ0) is 13.8. The molecule has 1 aromatic carbocycles. The molecule has 0 atom stereocenters. The van der Waals surface area contributed by atoms with Crippen LogP contribution in [0.5, 0.6) is 0 Å². The highest BCUT2D eigenvalue weighted by atomic mass is 32.2. The highest BCUT2D eigenvalue weighted by Gasteiger charge is 2.34. The summed E-state index contributed by atoms with van der Waals surface area (Å²) in [5, 5.41) is 8.66. The summed E-state index contributed by atoms with van der Waals surface area (Å²) < 4.78 is 0. The predicted molar refractivity (Wildman–Crippen MR) is 72.9 cm³/mol. The van der Waals surface area contributed by atoms with Crippen molar-refractivity contribution >= 4 is 29.0 Å². The van der Waals surface area contributed by atoms with Crippen molar-refractivity contribution in [3.05, 3.63) is 40.3 Å². The van der Waals surface area contributed by atoms with Crippen LogP contribution in [0.1, 0.15) is 11.1 Å². The lowest BCUT2D eigenvalue weighted by Gasteiger charge is -2.09. The molecule has 0 aromatic heterocycles. The summed E-state index contributed by atoms with van der Waals surface area (Å²) in [6.07, 6.45) is 1.57. The first-order chi connectivity index (χ1) is 9.17. The minimum absolute atomic E-state index is 0.210. The first kappa shape index (κ1) is 13.3.